The third-order valence-electron chi connectivity index (χ3n) is 4.63. The molecular weight excluding hydrogens is 358 g/mol. The molecular formula is C21H19N3O4. The molecule has 1 unspecified atom stereocenters. The maximum absolute atomic E-state index is 12.9. The summed E-state index contributed by atoms with van der Waals surface area (Å²) in [7, 11) is 0. The fraction of sp³-hybridized carbons (Fsp3) is 0.143. The van der Waals surface area contributed by atoms with Crippen molar-refractivity contribution in [1.29, 1.82) is 0 Å². The van der Waals surface area contributed by atoms with Gasteiger partial charge in [-0.1, -0.05) is 18.2 Å². The van der Waals surface area contributed by atoms with Gasteiger partial charge in [0.15, 0.2) is 0 Å². The lowest BCUT2D eigenvalue weighted by molar-refractivity contribution is -0.113. The van der Waals surface area contributed by atoms with Crippen molar-refractivity contribution in [3.05, 3.63) is 71.6 Å². The average molecular weight is 377 g/mol. The molecule has 1 aromatic heterocycles. The van der Waals surface area contributed by atoms with Crippen LogP contribution in [0.4, 0.5) is 11.4 Å². The number of aromatic nitrogens is 1. The number of nitrogens with one attached hydrogen (secondary N) is 3. The number of carbonyl (C=O) groups excluding carboxylic acids is 2. The van der Waals surface area contributed by atoms with E-state index in [1.807, 2.05) is 18.2 Å². The van der Waals surface area contributed by atoms with Gasteiger partial charge in [0.1, 0.15) is 6.10 Å². The molecule has 0 saturated heterocycles. The molecule has 0 bridgehead atoms. The fourth-order valence-electron chi connectivity index (χ4n) is 3.23. The maximum atomic E-state index is 12.9. The molecule has 142 valence electrons. The number of carbonyl (C=O) groups is 2. The Labute approximate surface area is 161 Å². The van der Waals surface area contributed by atoms with Crippen molar-refractivity contribution in [3.8, 4) is 0 Å². The first-order valence-corrected chi connectivity index (χ1v) is 8.91. The van der Waals surface area contributed by atoms with Crippen LogP contribution in [0.5, 0.6) is 0 Å². The van der Waals surface area contributed by atoms with E-state index in [4.69, 9.17) is 4.74 Å². The predicted octanol–water partition coefficient (Wildman–Crippen LogP) is 3.33. The van der Waals surface area contributed by atoms with E-state index in [9.17, 15) is 14.7 Å². The van der Waals surface area contributed by atoms with Crippen LogP contribution >= 0.6 is 0 Å². The second-order valence-corrected chi connectivity index (χ2v) is 6.37. The van der Waals surface area contributed by atoms with Crippen LogP contribution in [0.25, 0.3) is 10.9 Å². The number of para-hydroxylation sites is 1. The Hall–Kier alpha value is -3.58. The zero-order valence-electron chi connectivity index (χ0n) is 15.2. The molecule has 4 N–H and O–H groups in total. The van der Waals surface area contributed by atoms with Crippen LogP contribution in [0.3, 0.4) is 0 Å². The van der Waals surface area contributed by atoms with E-state index in [0.29, 0.717) is 11.3 Å². The average Bonchev–Trinajstić information content (AvgIpc) is 3.15. The highest BCUT2D eigenvalue weighted by Crippen LogP contribution is 2.33. The quantitative estimate of drug-likeness (QED) is 0.522. The minimum absolute atomic E-state index is 0.153. The van der Waals surface area contributed by atoms with Gasteiger partial charge in [-0.15, -0.1) is 0 Å². The number of amides is 1. The third kappa shape index (κ3) is 3.12. The molecule has 0 aliphatic carbocycles. The number of anilines is 2. The van der Waals surface area contributed by atoms with Gasteiger partial charge in [-0.05, 0) is 31.2 Å². The van der Waals surface area contributed by atoms with Gasteiger partial charge in [0, 0.05) is 34.6 Å². The number of aliphatic hydroxyl groups excluding tert-OH is 1. The molecule has 1 amide bonds. The van der Waals surface area contributed by atoms with E-state index in [1.54, 1.807) is 37.4 Å². The van der Waals surface area contributed by atoms with Crippen molar-refractivity contribution < 1.29 is 19.4 Å². The summed E-state index contributed by atoms with van der Waals surface area (Å²) in [6.45, 7) is 1.94. The summed E-state index contributed by atoms with van der Waals surface area (Å²) >= 11 is 0. The summed E-state index contributed by atoms with van der Waals surface area (Å²) in [5, 5.41) is 17.2. The van der Waals surface area contributed by atoms with Crippen molar-refractivity contribution >= 4 is 34.2 Å². The van der Waals surface area contributed by atoms with Crippen molar-refractivity contribution in [2.45, 2.75) is 13.0 Å². The monoisotopic (exact) mass is 377 g/mol. The maximum Gasteiger partial charge on any atom is 0.340 e. The SMILES string of the molecule is CCOC(=O)c1cc2cc[nH]c2cc1NC(=O)C1=CNc2ccccc2C1O. The number of esters is 1. The summed E-state index contributed by atoms with van der Waals surface area (Å²) in [5.41, 5.74) is 2.84. The smallest absolute Gasteiger partial charge is 0.340 e. The Balaban J connectivity index is 1.66. The second-order valence-electron chi connectivity index (χ2n) is 6.37. The lowest BCUT2D eigenvalue weighted by Crippen LogP contribution is -2.24. The number of rotatable bonds is 4. The van der Waals surface area contributed by atoms with E-state index in [2.05, 4.69) is 15.6 Å². The number of aromatic amines is 1. The van der Waals surface area contributed by atoms with Crippen LogP contribution in [0.15, 0.2) is 60.4 Å². The van der Waals surface area contributed by atoms with Crippen molar-refractivity contribution in [1.82, 2.24) is 4.98 Å². The highest BCUT2D eigenvalue weighted by molar-refractivity contribution is 6.10. The zero-order valence-corrected chi connectivity index (χ0v) is 15.2. The Morgan fingerprint density at radius 3 is 2.86 bits per heavy atom. The predicted molar refractivity (Wildman–Crippen MR) is 106 cm³/mol. The Bertz CT molecular complexity index is 1100. The van der Waals surface area contributed by atoms with Gasteiger partial charge in [0.05, 0.1) is 23.4 Å². The molecule has 0 fully saturated rings. The number of fused-ring (bicyclic) bond motifs is 2. The fourth-order valence-corrected chi connectivity index (χ4v) is 3.23. The van der Waals surface area contributed by atoms with Crippen molar-refractivity contribution in [2.24, 2.45) is 0 Å². The summed E-state index contributed by atoms with van der Waals surface area (Å²) < 4.78 is 5.11. The Kier molecular flexibility index (Phi) is 4.58. The van der Waals surface area contributed by atoms with Gasteiger partial charge >= 0.3 is 5.97 Å². The molecule has 4 rings (SSSR count). The molecule has 0 saturated carbocycles. The number of benzene rings is 2. The molecule has 2 heterocycles. The highest BCUT2D eigenvalue weighted by atomic mass is 16.5. The van der Waals surface area contributed by atoms with E-state index >= 15 is 0 Å². The van der Waals surface area contributed by atoms with E-state index in [-0.39, 0.29) is 17.7 Å². The van der Waals surface area contributed by atoms with Crippen LogP contribution in [-0.2, 0) is 9.53 Å². The second kappa shape index (κ2) is 7.21. The molecule has 7 heteroatoms. The van der Waals surface area contributed by atoms with Gasteiger partial charge in [0.2, 0.25) is 0 Å². The normalized spacial score (nSPS) is 15.4. The molecule has 3 aromatic rings. The number of aliphatic hydroxyl groups is 1. The lowest BCUT2D eigenvalue weighted by atomic mass is 9.97. The number of H-pyrrole nitrogens is 1. The summed E-state index contributed by atoms with van der Waals surface area (Å²) in [6, 6.07) is 12.4. The van der Waals surface area contributed by atoms with Crippen LogP contribution < -0.4 is 10.6 Å². The molecule has 1 atom stereocenters. The van der Waals surface area contributed by atoms with E-state index < -0.39 is 18.0 Å². The summed E-state index contributed by atoms with van der Waals surface area (Å²) in [4.78, 5) is 28.3. The summed E-state index contributed by atoms with van der Waals surface area (Å²) in [5.74, 6) is -1.03. The largest absolute Gasteiger partial charge is 0.462 e. The van der Waals surface area contributed by atoms with Gasteiger partial charge in [0.25, 0.3) is 5.91 Å². The van der Waals surface area contributed by atoms with Gasteiger partial charge in [-0.3, -0.25) is 4.79 Å². The van der Waals surface area contributed by atoms with Gasteiger partial charge in [-0.25, -0.2) is 4.79 Å². The lowest BCUT2D eigenvalue weighted by Gasteiger charge is -2.23. The molecule has 0 radical (unpaired) electrons. The molecule has 1 aliphatic rings. The highest BCUT2D eigenvalue weighted by Gasteiger charge is 2.27. The van der Waals surface area contributed by atoms with E-state index in [0.717, 1.165) is 16.6 Å². The number of hydrogen-bond donors (Lipinski definition) is 4. The molecule has 7 nitrogen and oxygen atoms in total. The number of hydrogen-bond acceptors (Lipinski definition) is 5. The standard InChI is InChI=1S/C21H19N3O4/c1-2-28-21(27)14-9-12-7-8-22-17(12)10-18(14)24-20(26)15-11-23-16-6-4-3-5-13(16)19(15)25/h3-11,19,22-23,25H,2H2,1H3,(H,24,26). The van der Waals surface area contributed by atoms with Crippen LogP contribution in [0, 0.1) is 0 Å². The molecule has 0 spiro atoms. The minimum Gasteiger partial charge on any atom is -0.462 e. The zero-order chi connectivity index (χ0) is 19.7. The minimum atomic E-state index is -1.07. The van der Waals surface area contributed by atoms with E-state index in [1.165, 1.54) is 6.20 Å². The third-order valence-corrected chi connectivity index (χ3v) is 4.63. The Morgan fingerprint density at radius 2 is 2.04 bits per heavy atom. The Morgan fingerprint density at radius 1 is 1.21 bits per heavy atom. The van der Waals surface area contributed by atoms with Crippen molar-refractivity contribution in [2.75, 3.05) is 17.2 Å². The first-order valence-electron chi connectivity index (χ1n) is 8.91. The molecule has 2 aromatic carbocycles. The first kappa shape index (κ1) is 17.8. The van der Waals surface area contributed by atoms with Crippen molar-refractivity contribution in [3.63, 3.8) is 0 Å². The van der Waals surface area contributed by atoms with Crippen LogP contribution in [0.1, 0.15) is 28.9 Å². The first-order chi connectivity index (χ1) is 13.6. The van der Waals surface area contributed by atoms with Crippen LogP contribution in [-0.4, -0.2) is 28.6 Å². The molecule has 28 heavy (non-hydrogen) atoms. The number of ether oxygens (including phenoxy) is 1. The van der Waals surface area contributed by atoms with Gasteiger partial charge < -0.3 is 25.5 Å². The van der Waals surface area contributed by atoms with Crippen LogP contribution in [0.2, 0.25) is 0 Å². The summed E-state index contributed by atoms with van der Waals surface area (Å²) in [6.07, 6.45) is 2.15. The molecule has 1 aliphatic heterocycles. The topological polar surface area (TPSA) is 103 Å². The van der Waals surface area contributed by atoms with Gasteiger partial charge in [-0.2, -0.15) is 0 Å².